The number of aryl methyl sites for hydroxylation is 1. The molecule has 0 saturated carbocycles. The molecule has 0 saturated heterocycles. The summed E-state index contributed by atoms with van der Waals surface area (Å²) in [6, 6.07) is 12.7. The molecule has 1 aromatic carbocycles. The standard InChI is InChI=1S/C15H12N2O2S/c1-10-13(14(18)12-8-5-9-20-12)15(19)17(16-10)11-6-3-2-4-7-11/h2-9,16H,1H3. The van der Waals surface area contributed by atoms with Crippen molar-refractivity contribution in [1.82, 2.24) is 9.78 Å². The number of thiophene rings is 1. The van der Waals surface area contributed by atoms with Crippen LogP contribution in [0.15, 0.2) is 52.6 Å². The first-order chi connectivity index (χ1) is 9.68. The first-order valence-corrected chi connectivity index (χ1v) is 7.01. The molecule has 20 heavy (non-hydrogen) atoms. The summed E-state index contributed by atoms with van der Waals surface area (Å²) in [6.45, 7) is 1.74. The Balaban J connectivity index is 2.13. The predicted octanol–water partition coefficient (Wildman–Crippen LogP) is 2.77. The molecule has 0 amide bonds. The van der Waals surface area contributed by atoms with Crippen LogP contribution in [-0.2, 0) is 0 Å². The molecule has 2 aromatic heterocycles. The van der Waals surface area contributed by atoms with Crippen molar-refractivity contribution in [3.05, 3.63) is 74.3 Å². The highest BCUT2D eigenvalue weighted by Gasteiger charge is 2.21. The highest BCUT2D eigenvalue weighted by atomic mass is 32.1. The molecule has 4 nitrogen and oxygen atoms in total. The first kappa shape index (κ1) is 12.6. The van der Waals surface area contributed by atoms with E-state index in [0.29, 0.717) is 16.3 Å². The van der Waals surface area contributed by atoms with Gasteiger partial charge in [0.1, 0.15) is 5.56 Å². The molecule has 1 N–H and O–H groups in total. The average Bonchev–Trinajstić information content (AvgIpc) is 3.08. The SMILES string of the molecule is Cc1[nH]n(-c2ccccc2)c(=O)c1C(=O)c1cccs1. The van der Waals surface area contributed by atoms with E-state index < -0.39 is 0 Å². The molecule has 0 radical (unpaired) electrons. The third-order valence-corrected chi connectivity index (χ3v) is 3.93. The number of carbonyl (C=O) groups is 1. The van der Waals surface area contributed by atoms with E-state index in [2.05, 4.69) is 5.10 Å². The van der Waals surface area contributed by atoms with Gasteiger partial charge in [0, 0.05) is 5.69 Å². The molecule has 0 aliphatic heterocycles. The second-order valence-corrected chi connectivity index (χ2v) is 5.34. The van der Waals surface area contributed by atoms with E-state index in [4.69, 9.17) is 0 Å². The maximum atomic E-state index is 12.4. The fraction of sp³-hybridized carbons (Fsp3) is 0.0667. The second-order valence-electron chi connectivity index (χ2n) is 4.39. The van der Waals surface area contributed by atoms with E-state index in [0.717, 1.165) is 0 Å². The second kappa shape index (κ2) is 4.94. The van der Waals surface area contributed by atoms with Crippen molar-refractivity contribution < 1.29 is 4.79 Å². The van der Waals surface area contributed by atoms with Gasteiger partial charge in [0.05, 0.1) is 10.6 Å². The zero-order valence-corrected chi connectivity index (χ0v) is 11.6. The number of hydrogen-bond acceptors (Lipinski definition) is 3. The van der Waals surface area contributed by atoms with Crippen LogP contribution in [0, 0.1) is 6.92 Å². The Morgan fingerprint density at radius 2 is 1.90 bits per heavy atom. The Morgan fingerprint density at radius 3 is 2.55 bits per heavy atom. The predicted molar refractivity (Wildman–Crippen MR) is 78.9 cm³/mol. The van der Waals surface area contributed by atoms with Gasteiger partial charge in [-0.25, -0.2) is 4.68 Å². The third kappa shape index (κ3) is 2.02. The van der Waals surface area contributed by atoms with Crippen LogP contribution in [0.4, 0.5) is 0 Å². The Bertz CT molecular complexity index is 798. The quantitative estimate of drug-likeness (QED) is 0.752. The molecule has 5 heteroatoms. The van der Waals surface area contributed by atoms with E-state index in [1.54, 1.807) is 19.1 Å². The van der Waals surface area contributed by atoms with Crippen molar-refractivity contribution in [3.63, 3.8) is 0 Å². The molecule has 0 aliphatic carbocycles. The maximum Gasteiger partial charge on any atom is 0.282 e. The Morgan fingerprint density at radius 1 is 1.15 bits per heavy atom. The molecule has 0 atom stereocenters. The van der Waals surface area contributed by atoms with Gasteiger partial charge in [-0.05, 0) is 30.5 Å². The summed E-state index contributed by atoms with van der Waals surface area (Å²) >= 11 is 1.34. The van der Waals surface area contributed by atoms with E-state index >= 15 is 0 Å². The topological polar surface area (TPSA) is 54.9 Å². The lowest BCUT2D eigenvalue weighted by Gasteiger charge is -1.99. The van der Waals surface area contributed by atoms with Crippen molar-refractivity contribution in [2.75, 3.05) is 0 Å². The molecule has 3 rings (SSSR count). The van der Waals surface area contributed by atoms with Crippen LogP contribution in [0.5, 0.6) is 0 Å². The molecular formula is C15H12N2O2S. The molecule has 3 aromatic rings. The molecular weight excluding hydrogens is 272 g/mol. The Hall–Kier alpha value is -2.40. The van der Waals surface area contributed by atoms with E-state index in [1.165, 1.54) is 16.0 Å². The van der Waals surface area contributed by atoms with Crippen molar-refractivity contribution in [2.45, 2.75) is 6.92 Å². The number of benzene rings is 1. The van der Waals surface area contributed by atoms with Gasteiger partial charge in [0.2, 0.25) is 5.78 Å². The lowest BCUT2D eigenvalue weighted by molar-refractivity contribution is 0.104. The summed E-state index contributed by atoms with van der Waals surface area (Å²) < 4.78 is 1.40. The number of nitrogens with one attached hydrogen (secondary N) is 1. The van der Waals surface area contributed by atoms with E-state index in [-0.39, 0.29) is 16.9 Å². The van der Waals surface area contributed by atoms with Crippen molar-refractivity contribution in [3.8, 4) is 5.69 Å². The van der Waals surface area contributed by atoms with Crippen LogP contribution in [0.3, 0.4) is 0 Å². The van der Waals surface area contributed by atoms with Crippen LogP contribution in [0.1, 0.15) is 20.9 Å². The number of H-pyrrole nitrogens is 1. The highest BCUT2D eigenvalue weighted by Crippen LogP contribution is 2.15. The summed E-state index contributed by atoms with van der Waals surface area (Å²) in [5.74, 6) is -0.228. The highest BCUT2D eigenvalue weighted by molar-refractivity contribution is 7.12. The number of hydrogen-bond donors (Lipinski definition) is 1. The van der Waals surface area contributed by atoms with Crippen molar-refractivity contribution in [2.24, 2.45) is 0 Å². The smallest absolute Gasteiger partial charge is 0.282 e. The van der Waals surface area contributed by atoms with Gasteiger partial charge < -0.3 is 0 Å². The molecule has 100 valence electrons. The number of ketones is 1. The van der Waals surface area contributed by atoms with Crippen LogP contribution in [-0.4, -0.2) is 15.6 Å². The lowest BCUT2D eigenvalue weighted by Crippen LogP contribution is -2.20. The number of para-hydroxylation sites is 1. The number of carbonyl (C=O) groups excluding carboxylic acids is 1. The van der Waals surface area contributed by atoms with E-state index in [1.807, 2.05) is 35.7 Å². The third-order valence-electron chi connectivity index (χ3n) is 3.06. The Labute approximate surface area is 119 Å². The number of rotatable bonds is 3. The largest absolute Gasteiger partial charge is 0.295 e. The molecule has 0 aliphatic rings. The fourth-order valence-corrected chi connectivity index (χ4v) is 2.77. The maximum absolute atomic E-state index is 12.4. The minimum Gasteiger partial charge on any atom is -0.295 e. The summed E-state index contributed by atoms with van der Waals surface area (Å²) in [4.78, 5) is 25.4. The summed E-state index contributed by atoms with van der Waals surface area (Å²) in [5.41, 5.74) is 1.19. The van der Waals surface area contributed by atoms with Gasteiger partial charge >= 0.3 is 0 Å². The summed E-state index contributed by atoms with van der Waals surface area (Å²) in [7, 11) is 0. The van der Waals surface area contributed by atoms with Gasteiger partial charge in [-0.2, -0.15) is 0 Å². The zero-order chi connectivity index (χ0) is 14.1. The molecule has 0 fully saturated rings. The minimum atomic E-state index is -0.313. The molecule has 2 heterocycles. The number of aromatic nitrogens is 2. The van der Waals surface area contributed by atoms with Gasteiger partial charge in [-0.3, -0.25) is 14.7 Å². The van der Waals surface area contributed by atoms with Crippen LogP contribution >= 0.6 is 11.3 Å². The van der Waals surface area contributed by atoms with Crippen molar-refractivity contribution in [1.29, 1.82) is 0 Å². The average molecular weight is 284 g/mol. The van der Waals surface area contributed by atoms with Crippen LogP contribution in [0.25, 0.3) is 5.69 Å². The van der Waals surface area contributed by atoms with Gasteiger partial charge in [-0.15, -0.1) is 11.3 Å². The van der Waals surface area contributed by atoms with Gasteiger partial charge in [0.15, 0.2) is 0 Å². The summed E-state index contributed by atoms with van der Waals surface area (Å²) in [5, 5.41) is 4.78. The first-order valence-electron chi connectivity index (χ1n) is 6.13. The zero-order valence-electron chi connectivity index (χ0n) is 10.8. The monoisotopic (exact) mass is 284 g/mol. The Kier molecular flexibility index (Phi) is 3.12. The molecule has 0 unspecified atom stereocenters. The number of aromatic amines is 1. The van der Waals surface area contributed by atoms with Gasteiger partial charge in [-0.1, -0.05) is 24.3 Å². The minimum absolute atomic E-state index is 0.205. The van der Waals surface area contributed by atoms with Gasteiger partial charge in [0.25, 0.3) is 5.56 Å². The molecule has 0 spiro atoms. The van der Waals surface area contributed by atoms with Crippen LogP contribution in [0.2, 0.25) is 0 Å². The normalized spacial score (nSPS) is 10.7. The van der Waals surface area contributed by atoms with Crippen LogP contribution < -0.4 is 5.56 Å². The number of nitrogens with zero attached hydrogens (tertiary/aromatic N) is 1. The fourth-order valence-electron chi connectivity index (χ4n) is 2.10. The van der Waals surface area contributed by atoms with Crippen molar-refractivity contribution >= 4 is 17.1 Å². The van der Waals surface area contributed by atoms with E-state index in [9.17, 15) is 9.59 Å². The summed E-state index contributed by atoms with van der Waals surface area (Å²) in [6.07, 6.45) is 0. The molecule has 0 bridgehead atoms. The lowest BCUT2D eigenvalue weighted by atomic mass is 10.1.